The van der Waals surface area contributed by atoms with Crippen LogP contribution < -0.4 is 4.72 Å². The minimum atomic E-state index is -3.38. The molecule has 0 radical (unpaired) electrons. The molecule has 0 aromatic heterocycles. The third kappa shape index (κ3) is 4.06. The molecule has 1 saturated carbocycles. The molecule has 1 aliphatic rings. The molecule has 20 heavy (non-hydrogen) atoms. The third-order valence-corrected chi connectivity index (χ3v) is 6.32. The van der Waals surface area contributed by atoms with Gasteiger partial charge >= 0.3 is 0 Å². The second kappa shape index (κ2) is 6.58. The fourth-order valence-electron chi connectivity index (χ4n) is 2.60. The van der Waals surface area contributed by atoms with Crippen LogP contribution in [-0.2, 0) is 10.0 Å². The minimum Gasteiger partial charge on any atom is -0.211 e. The Balaban J connectivity index is 2.01. The first-order chi connectivity index (χ1) is 9.38. The standard InChI is InChI=1S/C15H22BrNO2S/c1-11-6-7-15(8-12(11)2)20(18,19)17-10-13-4-3-5-14(16)9-13/h6-8,13-14,17H,3-5,9-10H2,1-2H3. The summed E-state index contributed by atoms with van der Waals surface area (Å²) in [6, 6.07) is 5.28. The topological polar surface area (TPSA) is 46.2 Å². The van der Waals surface area contributed by atoms with Gasteiger partial charge in [0.1, 0.15) is 0 Å². The first kappa shape index (κ1) is 16.0. The Labute approximate surface area is 130 Å². The first-order valence-electron chi connectivity index (χ1n) is 7.09. The van der Waals surface area contributed by atoms with Gasteiger partial charge in [0.05, 0.1) is 4.90 Å². The summed E-state index contributed by atoms with van der Waals surface area (Å²) in [6.45, 7) is 4.46. The lowest BCUT2D eigenvalue weighted by Gasteiger charge is -2.25. The summed E-state index contributed by atoms with van der Waals surface area (Å²) >= 11 is 3.63. The number of alkyl halides is 1. The normalized spacial score (nSPS) is 23.8. The highest BCUT2D eigenvalue weighted by atomic mass is 79.9. The Bertz CT molecular complexity index is 571. The van der Waals surface area contributed by atoms with E-state index in [9.17, 15) is 8.42 Å². The maximum absolute atomic E-state index is 12.3. The predicted octanol–water partition coefficient (Wildman–Crippen LogP) is 3.54. The molecule has 1 fully saturated rings. The zero-order chi connectivity index (χ0) is 14.8. The van der Waals surface area contributed by atoms with Crippen LogP contribution in [0.15, 0.2) is 23.1 Å². The highest BCUT2D eigenvalue weighted by Gasteiger charge is 2.22. The molecule has 0 saturated heterocycles. The van der Waals surface area contributed by atoms with Crippen molar-refractivity contribution < 1.29 is 8.42 Å². The second-order valence-corrected chi connectivity index (χ2v) is 8.79. The maximum Gasteiger partial charge on any atom is 0.240 e. The van der Waals surface area contributed by atoms with E-state index in [0.717, 1.165) is 24.0 Å². The smallest absolute Gasteiger partial charge is 0.211 e. The summed E-state index contributed by atoms with van der Waals surface area (Å²) in [4.78, 5) is 0.902. The van der Waals surface area contributed by atoms with Gasteiger partial charge in [-0.1, -0.05) is 28.4 Å². The van der Waals surface area contributed by atoms with Crippen molar-refractivity contribution in [3.8, 4) is 0 Å². The molecule has 1 aliphatic carbocycles. The minimum absolute atomic E-state index is 0.367. The van der Waals surface area contributed by atoms with E-state index >= 15 is 0 Å². The van der Waals surface area contributed by atoms with Gasteiger partial charge in [0, 0.05) is 11.4 Å². The summed E-state index contributed by atoms with van der Waals surface area (Å²) in [5, 5.41) is 0. The molecule has 0 amide bonds. The average Bonchev–Trinajstić information content (AvgIpc) is 2.40. The molecule has 0 aliphatic heterocycles. The zero-order valence-electron chi connectivity index (χ0n) is 12.0. The van der Waals surface area contributed by atoms with E-state index in [2.05, 4.69) is 20.7 Å². The molecule has 2 unspecified atom stereocenters. The van der Waals surface area contributed by atoms with Gasteiger partial charge in [-0.05, 0) is 62.3 Å². The molecule has 2 rings (SSSR count). The molecular formula is C15H22BrNO2S. The number of hydrogen-bond donors (Lipinski definition) is 1. The Kier molecular flexibility index (Phi) is 5.26. The molecule has 1 aromatic carbocycles. The Morgan fingerprint density at radius 2 is 2.00 bits per heavy atom. The van der Waals surface area contributed by atoms with Crippen LogP contribution in [0.2, 0.25) is 0 Å². The zero-order valence-corrected chi connectivity index (χ0v) is 14.4. The van der Waals surface area contributed by atoms with Crippen LogP contribution in [0, 0.1) is 19.8 Å². The number of nitrogens with one attached hydrogen (secondary N) is 1. The van der Waals surface area contributed by atoms with Gasteiger partial charge < -0.3 is 0 Å². The van der Waals surface area contributed by atoms with E-state index in [4.69, 9.17) is 0 Å². The van der Waals surface area contributed by atoms with Crippen molar-refractivity contribution in [2.24, 2.45) is 5.92 Å². The van der Waals surface area contributed by atoms with E-state index < -0.39 is 10.0 Å². The van der Waals surface area contributed by atoms with E-state index in [1.54, 1.807) is 12.1 Å². The largest absolute Gasteiger partial charge is 0.240 e. The number of benzene rings is 1. The number of hydrogen-bond acceptors (Lipinski definition) is 2. The predicted molar refractivity (Wildman–Crippen MR) is 85.8 cm³/mol. The fourth-order valence-corrected chi connectivity index (χ4v) is 4.66. The second-order valence-electron chi connectivity index (χ2n) is 5.73. The van der Waals surface area contributed by atoms with Crippen LogP contribution in [0.25, 0.3) is 0 Å². The summed E-state index contributed by atoms with van der Waals surface area (Å²) in [6.07, 6.45) is 4.53. The highest BCUT2D eigenvalue weighted by molar-refractivity contribution is 9.09. The van der Waals surface area contributed by atoms with Crippen LogP contribution in [0.1, 0.15) is 36.8 Å². The first-order valence-corrected chi connectivity index (χ1v) is 9.49. The van der Waals surface area contributed by atoms with E-state index in [1.165, 1.54) is 12.8 Å². The van der Waals surface area contributed by atoms with Crippen LogP contribution in [-0.4, -0.2) is 19.8 Å². The van der Waals surface area contributed by atoms with Crippen LogP contribution in [0.4, 0.5) is 0 Å². The van der Waals surface area contributed by atoms with Gasteiger partial charge in [0.15, 0.2) is 0 Å². The molecule has 3 nitrogen and oxygen atoms in total. The number of sulfonamides is 1. The van der Waals surface area contributed by atoms with Crippen LogP contribution in [0.3, 0.4) is 0 Å². The van der Waals surface area contributed by atoms with Crippen molar-refractivity contribution in [2.45, 2.75) is 49.3 Å². The molecule has 1 aromatic rings. The van der Waals surface area contributed by atoms with Crippen LogP contribution >= 0.6 is 15.9 Å². The quantitative estimate of drug-likeness (QED) is 0.835. The van der Waals surface area contributed by atoms with E-state index in [-0.39, 0.29) is 0 Å². The van der Waals surface area contributed by atoms with Gasteiger partial charge in [0.2, 0.25) is 10.0 Å². The Morgan fingerprint density at radius 3 is 2.65 bits per heavy atom. The van der Waals surface area contributed by atoms with Gasteiger partial charge in [-0.25, -0.2) is 13.1 Å². The van der Waals surface area contributed by atoms with Crippen LogP contribution in [0.5, 0.6) is 0 Å². The van der Waals surface area contributed by atoms with Crippen molar-refractivity contribution in [1.82, 2.24) is 4.72 Å². The van der Waals surface area contributed by atoms with Gasteiger partial charge in [-0.15, -0.1) is 0 Å². The lowest BCUT2D eigenvalue weighted by Crippen LogP contribution is -2.32. The lowest BCUT2D eigenvalue weighted by atomic mass is 9.89. The fraction of sp³-hybridized carbons (Fsp3) is 0.600. The van der Waals surface area contributed by atoms with E-state index in [0.29, 0.717) is 22.2 Å². The van der Waals surface area contributed by atoms with Crippen molar-refractivity contribution in [1.29, 1.82) is 0 Å². The molecule has 112 valence electrons. The van der Waals surface area contributed by atoms with Crippen molar-refractivity contribution in [3.05, 3.63) is 29.3 Å². The Hall–Kier alpha value is -0.390. The molecule has 1 N–H and O–H groups in total. The lowest BCUT2D eigenvalue weighted by molar-refractivity contribution is 0.368. The summed E-state index contributed by atoms with van der Waals surface area (Å²) < 4.78 is 27.4. The summed E-state index contributed by atoms with van der Waals surface area (Å²) in [5.74, 6) is 0.439. The summed E-state index contributed by atoms with van der Waals surface area (Å²) in [5.41, 5.74) is 2.12. The van der Waals surface area contributed by atoms with Crippen molar-refractivity contribution in [2.75, 3.05) is 6.54 Å². The molecule has 0 heterocycles. The van der Waals surface area contributed by atoms with Gasteiger partial charge in [-0.3, -0.25) is 0 Å². The van der Waals surface area contributed by atoms with Crippen molar-refractivity contribution in [3.63, 3.8) is 0 Å². The average molecular weight is 360 g/mol. The molecule has 2 atom stereocenters. The maximum atomic E-state index is 12.3. The highest BCUT2D eigenvalue weighted by Crippen LogP contribution is 2.28. The molecule has 0 spiro atoms. The number of aryl methyl sites for hydroxylation is 2. The molecule has 5 heteroatoms. The molecular weight excluding hydrogens is 338 g/mol. The summed E-state index contributed by atoms with van der Waals surface area (Å²) in [7, 11) is -3.38. The SMILES string of the molecule is Cc1ccc(S(=O)(=O)NCC2CCCC(Br)C2)cc1C. The molecule has 0 bridgehead atoms. The van der Waals surface area contributed by atoms with Gasteiger partial charge in [0.25, 0.3) is 0 Å². The third-order valence-electron chi connectivity index (χ3n) is 4.07. The Morgan fingerprint density at radius 1 is 1.25 bits per heavy atom. The number of halogens is 1. The monoisotopic (exact) mass is 359 g/mol. The number of rotatable bonds is 4. The van der Waals surface area contributed by atoms with Crippen molar-refractivity contribution >= 4 is 26.0 Å². The van der Waals surface area contributed by atoms with Gasteiger partial charge in [-0.2, -0.15) is 0 Å². The van der Waals surface area contributed by atoms with E-state index in [1.807, 2.05) is 19.9 Å².